The zero-order valence-electron chi connectivity index (χ0n) is 8.27. The van der Waals surface area contributed by atoms with Crippen LogP contribution in [0.25, 0.3) is 10.8 Å². The summed E-state index contributed by atoms with van der Waals surface area (Å²) >= 11 is 0. The minimum Gasteiger partial charge on any atom is -0.372 e. The van der Waals surface area contributed by atoms with E-state index < -0.39 is 0 Å². The van der Waals surface area contributed by atoms with Crippen LogP contribution < -0.4 is 5.73 Å². The Balaban J connectivity index is 0.000000337. The van der Waals surface area contributed by atoms with Gasteiger partial charge in [0.2, 0.25) is 6.41 Å². The first-order valence-corrected chi connectivity index (χ1v) is 4.34. The summed E-state index contributed by atoms with van der Waals surface area (Å²) in [5, 5.41) is 1.88. The highest BCUT2D eigenvalue weighted by Crippen LogP contribution is 2.14. The van der Waals surface area contributed by atoms with Gasteiger partial charge in [0.25, 0.3) is 0 Å². The number of pyridine rings is 1. The first-order valence-electron chi connectivity index (χ1n) is 4.34. The number of primary amides is 1. The van der Waals surface area contributed by atoms with Crippen LogP contribution in [0.1, 0.15) is 5.69 Å². The van der Waals surface area contributed by atoms with E-state index >= 15 is 0 Å². The number of aryl methyl sites for hydroxylation is 1. The number of rotatable bonds is 0. The van der Waals surface area contributed by atoms with Gasteiger partial charge in [0.1, 0.15) is 5.82 Å². The van der Waals surface area contributed by atoms with Gasteiger partial charge in [0.15, 0.2) is 0 Å². The molecule has 0 radical (unpaired) electrons. The maximum atomic E-state index is 12.7. The van der Waals surface area contributed by atoms with Crippen molar-refractivity contribution in [3.8, 4) is 0 Å². The quantitative estimate of drug-likeness (QED) is 0.668. The van der Waals surface area contributed by atoms with Crippen LogP contribution in [0.15, 0.2) is 30.5 Å². The van der Waals surface area contributed by atoms with E-state index in [1.165, 1.54) is 12.1 Å². The molecule has 1 heterocycles. The van der Waals surface area contributed by atoms with Crippen LogP contribution in [-0.2, 0) is 4.79 Å². The van der Waals surface area contributed by atoms with E-state index in [1.807, 2.05) is 13.0 Å². The lowest BCUT2D eigenvalue weighted by Gasteiger charge is -1.97. The van der Waals surface area contributed by atoms with Crippen LogP contribution in [0.3, 0.4) is 0 Å². The molecule has 15 heavy (non-hydrogen) atoms. The monoisotopic (exact) mass is 206 g/mol. The highest BCUT2D eigenvalue weighted by molar-refractivity contribution is 5.81. The molecule has 0 aliphatic heterocycles. The van der Waals surface area contributed by atoms with Gasteiger partial charge in [0, 0.05) is 17.3 Å². The van der Waals surface area contributed by atoms with Gasteiger partial charge in [-0.2, -0.15) is 0 Å². The second-order valence-corrected chi connectivity index (χ2v) is 2.95. The van der Waals surface area contributed by atoms with Gasteiger partial charge in [0.05, 0.1) is 0 Å². The van der Waals surface area contributed by atoms with Gasteiger partial charge in [-0.05, 0) is 36.6 Å². The van der Waals surface area contributed by atoms with Crippen LogP contribution in [-0.4, -0.2) is 11.4 Å². The van der Waals surface area contributed by atoms with Gasteiger partial charge >= 0.3 is 0 Å². The number of halogens is 1. The summed E-state index contributed by atoms with van der Waals surface area (Å²) in [6.45, 7) is 1.89. The minimum absolute atomic E-state index is 0.201. The molecule has 2 rings (SSSR count). The Bertz CT molecular complexity index is 434. The molecule has 1 aromatic heterocycles. The third-order valence-electron chi connectivity index (χ3n) is 1.82. The van der Waals surface area contributed by atoms with E-state index in [2.05, 4.69) is 10.7 Å². The average Bonchev–Trinajstić information content (AvgIpc) is 2.18. The molecular weight excluding hydrogens is 195 g/mol. The maximum absolute atomic E-state index is 12.7. The Labute approximate surface area is 86.7 Å². The summed E-state index contributed by atoms with van der Waals surface area (Å²) in [6, 6.07) is 6.57. The highest BCUT2D eigenvalue weighted by atomic mass is 19.1. The van der Waals surface area contributed by atoms with Gasteiger partial charge in [-0.1, -0.05) is 0 Å². The van der Waals surface area contributed by atoms with Gasteiger partial charge < -0.3 is 5.73 Å². The smallest absolute Gasteiger partial charge is 0.204 e. The molecule has 1 amide bonds. The molecule has 0 saturated heterocycles. The first-order chi connectivity index (χ1) is 7.17. The Hall–Kier alpha value is -1.97. The van der Waals surface area contributed by atoms with Crippen LogP contribution >= 0.6 is 0 Å². The van der Waals surface area contributed by atoms with Crippen LogP contribution in [0.4, 0.5) is 4.39 Å². The van der Waals surface area contributed by atoms with E-state index in [0.29, 0.717) is 0 Å². The third-order valence-corrected chi connectivity index (χ3v) is 1.82. The van der Waals surface area contributed by atoms with Crippen molar-refractivity contribution in [3.05, 3.63) is 42.0 Å². The molecule has 0 spiro atoms. The zero-order chi connectivity index (χ0) is 11.3. The highest BCUT2D eigenvalue weighted by Gasteiger charge is 1.95. The molecule has 0 aliphatic rings. The molecule has 78 valence electrons. The van der Waals surface area contributed by atoms with E-state index in [0.717, 1.165) is 16.5 Å². The van der Waals surface area contributed by atoms with E-state index in [9.17, 15) is 4.39 Å². The molecule has 4 heteroatoms. The number of hydrogen-bond acceptors (Lipinski definition) is 2. The van der Waals surface area contributed by atoms with Crippen LogP contribution in [0, 0.1) is 12.7 Å². The van der Waals surface area contributed by atoms with E-state index in [-0.39, 0.29) is 12.2 Å². The van der Waals surface area contributed by atoms with Crippen molar-refractivity contribution in [2.24, 2.45) is 5.73 Å². The van der Waals surface area contributed by atoms with E-state index in [4.69, 9.17) is 4.79 Å². The second kappa shape index (κ2) is 5.05. The van der Waals surface area contributed by atoms with Crippen molar-refractivity contribution in [2.75, 3.05) is 0 Å². The molecule has 0 unspecified atom stereocenters. The third kappa shape index (κ3) is 3.02. The number of nitrogens with zero attached hydrogens (tertiary/aromatic N) is 1. The summed E-state index contributed by atoms with van der Waals surface area (Å²) in [5.41, 5.74) is 5.08. The number of amides is 1. The minimum atomic E-state index is -0.201. The number of fused-ring (bicyclic) bond motifs is 1. The Kier molecular flexibility index (Phi) is 3.74. The summed E-state index contributed by atoms with van der Waals surface area (Å²) in [5.74, 6) is -0.201. The fourth-order valence-electron chi connectivity index (χ4n) is 1.22. The number of carbonyl (C=O) groups is 1. The zero-order valence-corrected chi connectivity index (χ0v) is 8.27. The van der Waals surface area contributed by atoms with Crippen molar-refractivity contribution < 1.29 is 9.18 Å². The predicted molar refractivity (Wildman–Crippen MR) is 56.7 cm³/mol. The molecule has 3 nitrogen and oxygen atoms in total. The molecule has 1 aromatic carbocycles. The van der Waals surface area contributed by atoms with E-state index in [1.54, 1.807) is 12.3 Å². The van der Waals surface area contributed by atoms with Crippen LogP contribution in [0.2, 0.25) is 0 Å². The molecule has 0 saturated carbocycles. The maximum Gasteiger partial charge on any atom is 0.204 e. The summed E-state index contributed by atoms with van der Waals surface area (Å²) < 4.78 is 12.7. The standard InChI is InChI=1S/C10H8FN.CH3NO/c1-7-4-9-5-10(11)3-2-8(9)6-12-7;2-1-3/h2-6H,1H3;1H,(H2,2,3). The number of nitrogens with two attached hydrogens (primary N) is 1. The Morgan fingerprint density at radius 3 is 2.67 bits per heavy atom. The lowest BCUT2D eigenvalue weighted by atomic mass is 10.1. The van der Waals surface area contributed by atoms with Crippen molar-refractivity contribution in [1.29, 1.82) is 0 Å². The summed E-state index contributed by atoms with van der Waals surface area (Å²) in [6.07, 6.45) is 2.00. The Morgan fingerprint density at radius 2 is 2.00 bits per heavy atom. The molecule has 2 aromatic rings. The van der Waals surface area contributed by atoms with Crippen molar-refractivity contribution in [2.45, 2.75) is 6.92 Å². The second-order valence-electron chi connectivity index (χ2n) is 2.95. The molecule has 0 bridgehead atoms. The summed E-state index contributed by atoms with van der Waals surface area (Å²) in [4.78, 5) is 12.7. The number of benzene rings is 1. The molecule has 2 N–H and O–H groups in total. The lowest BCUT2D eigenvalue weighted by Crippen LogP contribution is -1.82. The van der Waals surface area contributed by atoms with Gasteiger partial charge in [-0.3, -0.25) is 9.78 Å². The fraction of sp³-hybridized carbons (Fsp3) is 0.0909. The molecular formula is C11H11FN2O. The van der Waals surface area contributed by atoms with Crippen molar-refractivity contribution >= 4 is 17.2 Å². The van der Waals surface area contributed by atoms with Gasteiger partial charge in [-0.15, -0.1) is 0 Å². The average molecular weight is 206 g/mol. The molecule has 0 atom stereocenters. The van der Waals surface area contributed by atoms with Gasteiger partial charge in [-0.25, -0.2) is 4.39 Å². The predicted octanol–water partition coefficient (Wildman–Crippen LogP) is 1.78. The van der Waals surface area contributed by atoms with Crippen LogP contribution in [0.5, 0.6) is 0 Å². The van der Waals surface area contributed by atoms with Crippen molar-refractivity contribution in [1.82, 2.24) is 4.98 Å². The first kappa shape index (κ1) is 11.1. The number of aromatic nitrogens is 1. The number of carbonyl (C=O) groups excluding carboxylic acids is 1. The Morgan fingerprint density at radius 1 is 1.33 bits per heavy atom. The normalized spacial score (nSPS) is 9.20. The summed E-state index contributed by atoms with van der Waals surface area (Å²) in [7, 11) is 0. The largest absolute Gasteiger partial charge is 0.372 e. The lowest BCUT2D eigenvalue weighted by molar-refractivity contribution is -0.106. The van der Waals surface area contributed by atoms with Crippen molar-refractivity contribution in [3.63, 3.8) is 0 Å². The number of hydrogen-bond donors (Lipinski definition) is 1. The molecule has 0 aliphatic carbocycles. The fourth-order valence-corrected chi connectivity index (χ4v) is 1.22. The topological polar surface area (TPSA) is 56.0 Å². The molecule has 0 fully saturated rings. The SMILES string of the molecule is Cc1cc2cc(F)ccc2cn1.NC=O.